The Morgan fingerprint density at radius 2 is 2.14 bits per heavy atom. The Kier molecular flexibility index (Phi) is 3.57. The first kappa shape index (κ1) is 11.1. The zero-order chi connectivity index (χ0) is 10.7. The smallest absolute Gasteiger partial charge is 0.202 e. The molecule has 2 nitrogen and oxygen atoms in total. The summed E-state index contributed by atoms with van der Waals surface area (Å²) in [6, 6.07) is 1.18. The van der Waals surface area contributed by atoms with Crippen LogP contribution in [-0.2, 0) is 0 Å². The Balaban J connectivity index is 3.36. The molecule has 0 unspecified atom stereocenters. The molecule has 0 aromatic heterocycles. The monoisotopic (exact) mass is 264 g/mol. The van der Waals surface area contributed by atoms with Crippen LogP contribution in [-0.4, -0.2) is 12.9 Å². The van der Waals surface area contributed by atoms with Crippen molar-refractivity contribution < 1.29 is 18.3 Å². The summed E-state index contributed by atoms with van der Waals surface area (Å²) in [5.41, 5.74) is -0.0161. The minimum atomic E-state index is -1.15. The Labute approximate surface area is 88.0 Å². The average Bonchev–Trinajstić information content (AvgIpc) is 2.19. The maximum absolute atomic E-state index is 13.2. The van der Waals surface area contributed by atoms with E-state index in [1.165, 1.54) is 6.07 Å². The van der Waals surface area contributed by atoms with Gasteiger partial charge in [0.05, 0.1) is 16.6 Å². The molecule has 76 valence electrons. The van der Waals surface area contributed by atoms with Crippen LogP contribution in [0.4, 0.5) is 8.78 Å². The lowest BCUT2D eigenvalue weighted by Crippen LogP contribution is -2.02. The summed E-state index contributed by atoms with van der Waals surface area (Å²) in [4.78, 5) is 10.5. The second-order valence-corrected chi connectivity index (χ2v) is 3.31. The second-order valence-electron chi connectivity index (χ2n) is 2.46. The second kappa shape index (κ2) is 4.50. The SMILES string of the molecule is CCOc1c(C=O)cc(Br)c(F)c1F. The van der Waals surface area contributed by atoms with E-state index in [4.69, 9.17) is 4.74 Å². The van der Waals surface area contributed by atoms with Crippen LogP contribution in [0.3, 0.4) is 0 Å². The van der Waals surface area contributed by atoms with Crippen LogP contribution < -0.4 is 4.74 Å². The molecule has 0 radical (unpaired) electrons. The summed E-state index contributed by atoms with van der Waals surface area (Å²) in [7, 11) is 0. The van der Waals surface area contributed by atoms with Gasteiger partial charge >= 0.3 is 0 Å². The summed E-state index contributed by atoms with van der Waals surface area (Å²) in [6.45, 7) is 1.78. The first-order valence-electron chi connectivity index (χ1n) is 3.87. The third-order valence-electron chi connectivity index (χ3n) is 1.56. The normalized spacial score (nSPS) is 10.0. The Bertz CT molecular complexity index is 366. The van der Waals surface area contributed by atoms with Crippen molar-refractivity contribution in [1.82, 2.24) is 0 Å². The van der Waals surface area contributed by atoms with Crippen LogP contribution in [0.5, 0.6) is 5.75 Å². The first-order chi connectivity index (χ1) is 6.61. The number of benzene rings is 1. The molecule has 0 atom stereocenters. The van der Waals surface area contributed by atoms with Crippen molar-refractivity contribution in [3.8, 4) is 5.75 Å². The number of hydrogen-bond acceptors (Lipinski definition) is 2. The van der Waals surface area contributed by atoms with Crippen LogP contribution in [0.15, 0.2) is 10.5 Å². The number of halogens is 3. The fourth-order valence-corrected chi connectivity index (χ4v) is 1.40. The molecule has 0 N–H and O–H groups in total. The van der Waals surface area contributed by atoms with E-state index < -0.39 is 11.6 Å². The number of hydrogen-bond donors (Lipinski definition) is 0. The molecular formula is C9H7BrF2O2. The summed E-state index contributed by atoms with van der Waals surface area (Å²) < 4.78 is 31.0. The van der Waals surface area contributed by atoms with Gasteiger partial charge in [0.25, 0.3) is 0 Å². The van der Waals surface area contributed by atoms with Crippen LogP contribution in [0.1, 0.15) is 17.3 Å². The Morgan fingerprint density at radius 3 is 2.64 bits per heavy atom. The van der Waals surface area contributed by atoms with E-state index in [-0.39, 0.29) is 22.4 Å². The third-order valence-corrected chi connectivity index (χ3v) is 2.14. The molecule has 0 spiro atoms. The molecule has 1 aromatic rings. The van der Waals surface area contributed by atoms with Gasteiger partial charge in [0, 0.05) is 0 Å². The fourth-order valence-electron chi connectivity index (χ4n) is 0.975. The first-order valence-corrected chi connectivity index (χ1v) is 4.66. The molecule has 0 bridgehead atoms. The quantitative estimate of drug-likeness (QED) is 0.620. The number of carbonyl (C=O) groups is 1. The highest BCUT2D eigenvalue weighted by atomic mass is 79.9. The molecule has 0 aliphatic heterocycles. The number of aldehydes is 1. The molecule has 0 aliphatic carbocycles. The van der Waals surface area contributed by atoms with E-state index in [9.17, 15) is 13.6 Å². The molecule has 0 saturated carbocycles. The summed E-state index contributed by atoms with van der Waals surface area (Å²) in [5, 5.41) is 0. The molecule has 0 amide bonds. The third kappa shape index (κ3) is 1.92. The molecule has 1 rings (SSSR count). The molecule has 0 aliphatic rings. The van der Waals surface area contributed by atoms with Gasteiger partial charge in [0.1, 0.15) is 0 Å². The van der Waals surface area contributed by atoms with Gasteiger partial charge in [-0.2, -0.15) is 4.39 Å². The van der Waals surface area contributed by atoms with Gasteiger partial charge < -0.3 is 4.74 Å². The van der Waals surface area contributed by atoms with Crippen LogP contribution in [0, 0.1) is 11.6 Å². The maximum Gasteiger partial charge on any atom is 0.202 e. The highest BCUT2D eigenvalue weighted by molar-refractivity contribution is 9.10. The average molecular weight is 265 g/mol. The van der Waals surface area contributed by atoms with Gasteiger partial charge in [-0.15, -0.1) is 0 Å². The number of carbonyl (C=O) groups excluding carboxylic acids is 1. The minimum Gasteiger partial charge on any atom is -0.490 e. The summed E-state index contributed by atoms with van der Waals surface area (Å²) in [5.74, 6) is -2.55. The van der Waals surface area contributed by atoms with Gasteiger partial charge in [-0.3, -0.25) is 4.79 Å². The van der Waals surface area contributed by atoms with E-state index in [1.807, 2.05) is 0 Å². The van der Waals surface area contributed by atoms with Crippen molar-refractivity contribution >= 4 is 22.2 Å². The predicted molar refractivity (Wildman–Crippen MR) is 50.6 cm³/mol. The topological polar surface area (TPSA) is 26.3 Å². The van der Waals surface area contributed by atoms with Crippen molar-refractivity contribution in [2.75, 3.05) is 6.61 Å². The minimum absolute atomic E-state index is 0.0161. The van der Waals surface area contributed by atoms with Crippen LogP contribution in [0.2, 0.25) is 0 Å². The maximum atomic E-state index is 13.2. The van der Waals surface area contributed by atoms with E-state index in [0.717, 1.165) is 0 Å². The van der Waals surface area contributed by atoms with Gasteiger partial charge in [-0.1, -0.05) is 0 Å². The van der Waals surface area contributed by atoms with Crippen molar-refractivity contribution in [2.45, 2.75) is 6.92 Å². The Hall–Kier alpha value is -0.970. The number of ether oxygens (including phenoxy) is 1. The molecule has 0 saturated heterocycles. The molecule has 1 aromatic carbocycles. The van der Waals surface area contributed by atoms with Gasteiger partial charge in [0.15, 0.2) is 17.9 Å². The lowest BCUT2D eigenvalue weighted by molar-refractivity contribution is 0.111. The van der Waals surface area contributed by atoms with E-state index >= 15 is 0 Å². The van der Waals surface area contributed by atoms with E-state index in [2.05, 4.69) is 15.9 Å². The molecule has 14 heavy (non-hydrogen) atoms. The van der Waals surface area contributed by atoms with Gasteiger partial charge in [-0.25, -0.2) is 4.39 Å². The predicted octanol–water partition coefficient (Wildman–Crippen LogP) is 2.94. The van der Waals surface area contributed by atoms with E-state index in [0.29, 0.717) is 6.29 Å². The van der Waals surface area contributed by atoms with Gasteiger partial charge in [-0.05, 0) is 28.9 Å². The highest BCUT2D eigenvalue weighted by Gasteiger charge is 2.17. The van der Waals surface area contributed by atoms with Crippen molar-refractivity contribution in [1.29, 1.82) is 0 Å². The lowest BCUT2D eigenvalue weighted by atomic mass is 10.2. The van der Waals surface area contributed by atoms with Crippen molar-refractivity contribution in [3.05, 3.63) is 27.7 Å². The molecular weight excluding hydrogens is 258 g/mol. The van der Waals surface area contributed by atoms with Crippen LogP contribution >= 0.6 is 15.9 Å². The lowest BCUT2D eigenvalue weighted by Gasteiger charge is -2.08. The number of rotatable bonds is 3. The Morgan fingerprint density at radius 1 is 1.50 bits per heavy atom. The van der Waals surface area contributed by atoms with Crippen molar-refractivity contribution in [2.24, 2.45) is 0 Å². The highest BCUT2D eigenvalue weighted by Crippen LogP contribution is 2.29. The zero-order valence-electron chi connectivity index (χ0n) is 7.31. The standard InChI is InChI=1S/C9H7BrF2O2/c1-2-14-9-5(4-13)3-6(10)7(11)8(9)12/h3-4H,2H2,1H3. The molecule has 5 heteroatoms. The van der Waals surface area contributed by atoms with Crippen LogP contribution in [0.25, 0.3) is 0 Å². The zero-order valence-corrected chi connectivity index (χ0v) is 8.90. The largest absolute Gasteiger partial charge is 0.490 e. The summed E-state index contributed by atoms with van der Waals surface area (Å²) >= 11 is 2.79. The van der Waals surface area contributed by atoms with Gasteiger partial charge in [0.2, 0.25) is 5.82 Å². The van der Waals surface area contributed by atoms with Crippen molar-refractivity contribution in [3.63, 3.8) is 0 Å². The summed E-state index contributed by atoms with van der Waals surface area (Å²) in [6.07, 6.45) is 0.415. The fraction of sp³-hybridized carbons (Fsp3) is 0.222. The molecule has 0 heterocycles. The van der Waals surface area contributed by atoms with E-state index in [1.54, 1.807) is 6.92 Å². The molecule has 0 fully saturated rings.